The van der Waals surface area contributed by atoms with E-state index in [0.29, 0.717) is 17.1 Å². The second-order valence-electron chi connectivity index (χ2n) is 9.85. The van der Waals surface area contributed by atoms with Gasteiger partial charge >= 0.3 is 0 Å². The van der Waals surface area contributed by atoms with Crippen molar-refractivity contribution in [3.05, 3.63) is 70.7 Å². The van der Waals surface area contributed by atoms with Crippen molar-refractivity contribution < 1.29 is 19.2 Å². The predicted octanol–water partition coefficient (Wildman–Crippen LogP) is 3.47. The topological polar surface area (TPSA) is 78.0 Å². The minimum absolute atomic E-state index is 0.0568. The molecule has 0 N–H and O–H groups in total. The number of piperazine rings is 1. The van der Waals surface area contributed by atoms with Crippen LogP contribution in [0.4, 0.5) is 0 Å². The summed E-state index contributed by atoms with van der Waals surface area (Å²) in [5.41, 5.74) is 0.0640. The van der Waals surface area contributed by atoms with E-state index < -0.39 is 23.4 Å². The van der Waals surface area contributed by atoms with E-state index in [-0.39, 0.29) is 43.1 Å². The van der Waals surface area contributed by atoms with Crippen LogP contribution in [0.5, 0.6) is 0 Å². The number of halogens is 1. The van der Waals surface area contributed by atoms with Crippen LogP contribution in [0.15, 0.2) is 54.6 Å². The minimum Gasteiger partial charge on any atom is -0.331 e. The molecule has 0 unspecified atom stereocenters. The van der Waals surface area contributed by atoms with Gasteiger partial charge in [0.25, 0.3) is 0 Å². The van der Waals surface area contributed by atoms with Crippen molar-refractivity contribution in [2.75, 3.05) is 19.6 Å². The number of rotatable bonds is 7. The molecular formula is C28H30ClN3O4. The molecule has 0 aromatic heterocycles. The van der Waals surface area contributed by atoms with Gasteiger partial charge in [-0.15, -0.1) is 0 Å². The number of nitrogens with zero attached hydrogens (tertiary/aromatic N) is 3. The molecule has 3 fully saturated rings. The summed E-state index contributed by atoms with van der Waals surface area (Å²) in [7, 11) is 0. The van der Waals surface area contributed by atoms with Crippen molar-refractivity contribution >= 4 is 35.2 Å². The lowest BCUT2D eigenvalue weighted by molar-refractivity contribution is -0.169. The number of hydrogen-bond acceptors (Lipinski definition) is 4. The summed E-state index contributed by atoms with van der Waals surface area (Å²) in [6, 6.07) is 15.7. The third-order valence-corrected chi connectivity index (χ3v) is 8.14. The lowest BCUT2D eigenvalue weighted by Gasteiger charge is -2.49. The molecule has 3 heterocycles. The van der Waals surface area contributed by atoms with E-state index in [1.54, 1.807) is 41.0 Å². The predicted molar refractivity (Wildman–Crippen MR) is 135 cm³/mol. The highest BCUT2D eigenvalue weighted by atomic mass is 35.5. The monoisotopic (exact) mass is 507 g/mol. The Hall–Kier alpha value is -3.19. The molecule has 3 aliphatic rings. The van der Waals surface area contributed by atoms with Crippen LogP contribution in [-0.2, 0) is 25.6 Å². The summed E-state index contributed by atoms with van der Waals surface area (Å²) in [6.07, 6.45) is 1.79. The lowest BCUT2D eigenvalue weighted by Crippen LogP contribution is -2.70. The number of fused-ring (bicyclic) bond motifs is 3. The van der Waals surface area contributed by atoms with Crippen LogP contribution in [0.25, 0.3) is 0 Å². The summed E-state index contributed by atoms with van der Waals surface area (Å²) in [5.74, 6) is -2.96. The van der Waals surface area contributed by atoms with Crippen molar-refractivity contribution in [2.45, 2.75) is 44.7 Å². The van der Waals surface area contributed by atoms with Gasteiger partial charge in [0.05, 0.1) is 24.4 Å². The fraction of sp³-hybridized carbons (Fsp3) is 0.429. The Morgan fingerprint density at radius 1 is 0.944 bits per heavy atom. The number of amides is 4. The zero-order valence-corrected chi connectivity index (χ0v) is 21.3. The van der Waals surface area contributed by atoms with E-state index in [4.69, 9.17) is 11.6 Å². The first-order valence-electron chi connectivity index (χ1n) is 12.6. The molecule has 7 nitrogen and oxygen atoms in total. The van der Waals surface area contributed by atoms with E-state index in [1.807, 2.05) is 37.3 Å². The minimum atomic E-state index is -1.48. The number of benzene rings is 2. The third-order valence-electron chi connectivity index (χ3n) is 7.88. The Kier molecular flexibility index (Phi) is 6.37. The van der Waals surface area contributed by atoms with E-state index >= 15 is 0 Å². The Bertz CT molecular complexity index is 1200. The maximum absolute atomic E-state index is 14.4. The zero-order chi connectivity index (χ0) is 25.6. The van der Waals surface area contributed by atoms with E-state index in [1.165, 1.54) is 4.90 Å². The second-order valence-corrected chi connectivity index (χ2v) is 10.3. The van der Waals surface area contributed by atoms with Crippen molar-refractivity contribution in [1.29, 1.82) is 0 Å². The molecule has 3 aliphatic heterocycles. The quantitative estimate of drug-likeness (QED) is 0.538. The van der Waals surface area contributed by atoms with Crippen LogP contribution in [-0.4, -0.2) is 63.5 Å². The molecule has 36 heavy (non-hydrogen) atoms. The normalized spacial score (nSPS) is 27.6. The van der Waals surface area contributed by atoms with Gasteiger partial charge in [-0.2, -0.15) is 0 Å². The van der Waals surface area contributed by atoms with Gasteiger partial charge in [0, 0.05) is 24.5 Å². The van der Waals surface area contributed by atoms with E-state index in [9.17, 15) is 19.2 Å². The van der Waals surface area contributed by atoms with Crippen molar-refractivity contribution in [3.8, 4) is 0 Å². The fourth-order valence-electron chi connectivity index (χ4n) is 6.36. The maximum Gasteiger partial charge on any atom is 0.250 e. The van der Waals surface area contributed by atoms with Crippen molar-refractivity contribution in [2.24, 2.45) is 11.8 Å². The standard InChI is InChI=1S/C28H30ClN3O4/c1-3-5-15-30-17-21(33)32-24(19-11-13-20(29)14-12-19)22-23(26(35)31(4-2)25(22)34)28(32,27(30)36)16-18-9-7-6-8-10-18/h6-14,22-24H,3-5,15-17H2,1-2H3/t22-,23-,24-,28-/m1/s1. The Morgan fingerprint density at radius 2 is 1.64 bits per heavy atom. The van der Waals surface area contributed by atoms with Gasteiger partial charge < -0.3 is 9.80 Å². The molecule has 5 rings (SSSR count). The van der Waals surface area contributed by atoms with Crippen molar-refractivity contribution in [1.82, 2.24) is 14.7 Å². The number of hydrogen-bond donors (Lipinski definition) is 0. The molecule has 8 heteroatoms. The van der Waals surface area contributed by atoms with Crippen LogP contribution in [0.3, 0.4) is 0 Å². The molecule has 4 atom stereocenters. The zero-order valence-electron chi connectivity index (χ0n) is 20.5. The summed E-state index contributed by atoms with van der Waals surface area (Å²) >= 11 is 6.15. The average molecular weight is 508 g/mol. The number of imide groups is 1. The molecule has 0 aliphatic carbocycles. The van der Waals surface area contributed by atoms with Gasteiger partial charge in [0.1, 0.15) is 5.54 Å². The number of carbonyl (C=O) groups excluding carboxylic acids is 4. The van der Waals surface area contributed by atoms with Gasteiger partial charge in [0.15, 0.2) is 0 Å². The molecule has 3 saturated heterocycles. The van der Waals surface area contributed by atoms with Crippen LogP contribution < -0.4 is 0 Å². The summed E-state index contributed by atoms with van der Waals surface area (Å²) in [5, 5.41) is 0.527. The van der Waals surface area contributed by atoms with Crippen molar-refractivity contribution in [3.63, 3.8) is 0 Å². The summed E-state index contributed by atoms with van der Waals surface area (Å²) < 4.78 is 0. The molecule has 2 aromatic rings. The largest absolute Gasteiger partial charge is 0.331 e. The first-order chi connectivity index (χ1) is 17.3. The number of unbranched alkanes of at least 4 members (excludes halogenated alkanes) is 1. The first-order valence-corrected chi connectivity index (χ1v) is 13.0. The first kappa shape index (κ1) is 24.5. The van der Waals surface area contributed by atoms with Crippen LogP contribution in [0, 0.1) is 11.8 Å². The third kappa shape index (κ3) is 3.55. The van der Waals surface area contributed by atoms with Gasteiger partial charge in [-0.1, -0.05) is 67.4 Å². The summed E-state index contributed by atoms with van der Waals surface area (Å²) in [6.45, 7) is 4.40. The maximum atomic E-state index is 14.4. The van der Waals surface area contributed by atoms with Crippen LogP contribution in [0.1, 0.15) is 43.9 Å². The Labute approximate surface area is 216 Å². The molecule has 2 aromatic carbocycles. The molecule has 0 spiro atoms. The molecule has 4 amide bonds. The molecule has 0 radical (unpaired) electrons. The molecular weight excluding hydrogens is 478 g/mol. The lowest BCUT2D eigenvalue weighted by atomic mass is 9.74. The smallest absolute Gasteiger partial charge is 0.250 e. The highest BCUT2D eigenvalue weighted by molar-refractivity contribution is 6.30. The fourth-order valence-corrected chi connectivity index (χ4v) is 6.49. The SMILES string of the molecule is CCCCN1CC(=O)N2[C@H](c3ccc(Cl)cc3)[C@@H]3C(=O)N(CC)C(=O)[C@@H]3[C@]2(Cc2ccccc2)C1=O. The van der Waals surface area contributed by atoms with Gasteiger partial charge in [-0.25, -0.2) is 0 Å². The second kappa shape index (κ2) is 9.36. The highest BCUT2D eigenvalue weighted by Gasteiger charge is 2.74. The highest BCUT2D eigenvalue weighted by Crippen LogP contribution is 2.57. The number of likely N-dealkylation sites (tertiary alicyclic amines) is 1. The van der Waals surface area contributed by atoms with E-state index in [2.05, 4.69) is 0 Å². The molecule has 0 bridgehead atoms. The molecule has 0 saturated carbocycles. The Balaban J connectivity index is 1.74. The molecule has 188 valence electrons. The van der Waals surface area contributed by atoms with Gasteiger partial charge in [0.2, 0.25) is 23.6 Å². The van der Waals surface area contributed by atoms with Crippen LogP contribution >= 0.6 is 11.6 Å². The summed E-state index contributed by atoms with van der Waals surface area (Å²) in [4.78, 5) is 60.3. The number of carbonyl (C=O) groups is 4. The van der Waals surface area contributed by atoms with E-state index in [0.717, 1.165) is 18.4 Å². The van der Waals surface area contributed by atoms with Gasteiger partial charge in [-0.3, -0.25) is 24.1 Å². The van der Waals surface area contributed by atoms with Crippen LogP contribution in [0.2, 0.25) is 5.02 Å². The Morgan fingerprint density at radius 3 is 2.28 bits per heavy atom. The van der Waals surface area contributed by atoms with Gasteiger partial charge in [-0.05, 0) is 36.6 Å². The average Bonchev–Trinajstić information content (AvgIpc) is 3.32.